The molecule has 1 aliphatic rings. The van der Waals surface area contributed by atoms with Crippen molar-refractivity contribution in [3.63, 3.8) is 0 Å². The highest BCUT2D eigenvalue weighted by atomic mass is 35.5. The van der Waals surface area contributed by atoms with E-state index in [0.29, 0.717) is 38.9 Å². The van der Waals surface area contributed by atoms with Gasteiger partial charge in [-0.3, -0.25) is 5.43 Å². The molecule has 1 N–H and O–H groups in total. The fourth-order valence-corrected chi connectivity index (χ4v) is 5.98. The van der Waals surface area contributed by atoms with Crippen molar-refractivity contribution < 1.29 is 8.42 Å². The summed E-state index contributed by atoms with van der Waals surface area (Å²) in [7, 11) is -3.49. The van der Waals surface area contributed by atoms with Crippen LogP contribution >= 0.6 is 34.5 Å². The number of hydrogen-bond donors (Lipinski definition) is 1. The van der Waals surface area contributed by atoms with E-state index in [-0.39, 0.29) is 0 Å². The number of rotatable bonds is 6. The summed E-state index contributed by atoms with van der Waals surface area (Å²) in [6, 6.07) is 12.1. The predicted octanol–water partition coefficient (Wildman–Crippen LogP) is 5.74. The van der Waals surface area contributed by atoms with Crippen LogP contribution in [0, 0.1) is 0 Å². The van der Waals surface area contributed by atoms with Crippen molar-refractivity contribution in [2.75, 3.05) is 18.5 Å². The standard InChI is InChI=1S/C21H20Cl2N4O2S2/c22-17-8-7-16(19(23)12-17)13-24-26-21-25-20(14-30-21)15-5-4-6-18(11-15)31(28,29)27-9-2-1-3-10-27/h4-8,11-14H,1-3,9-10H2,(H,25,26)/b24-13+. The van der Waals surface area contributed by atoms with Gasteiger partial charge in [-0.05, 0) is 37.1 Å². The monoisotopic (exact) mass is 494 g/mol. The molecular weight excluding hydrogens is 475 g/mol. The van der Waals surface area contributed by atoms with Gasteiger partial charge in [-0.1, -0.05) is 47.8 Å². The summed E-state index contributed by atoms with van der Waals surface area (Å²) < 4.78 is 27.5. The van der Waals surface area contributed by atoms with Crippen LogP contribution in [0.25, 0.3) is 11.3 Å². The van der Waals surface area contributed by atoms with Gasteiger partial charge in [0.15, 0.2) is 0 Å². The molecule has 162 valence electrons. The molecule has 2 heterocycles. The van der Waals surface area contributed by atoms with Gasteiger partial charge in [0.2, 0.25) is 15.2 Å². The zero-order valence-electron chi connectivity index (χ0n) is 16.5. The Balaban J connectivity index is 1.49. The first kappa shape index (κ1) is 22.2. The predicted molar refractivity (Wildman–Crippen MR) is 128 cm³/mol. The van der Waals surface area contributed by atoms with Crippen LogP contribution in [-0.4, -0.2) is 37.0 Å². The third-order valence-electron chi connectivity index (χ3n) is 4.91. The van der Waals surface area contributed by atoms with Gasteiger partial charge in [0.1, 0.15) is 0 Å². The van der Waals surface area contributed by atoms with Crippen LogP contribution in [-0.2, 0) is 10.0 Å². The van der Waals surface area contributed by atoms with Crippen molar-refractivity contribution in [2.45, 2.75) is 24.2 Å². The van der Waals surface area contributed by atoms with Crippen LogP contribution < -0.4 is 5.43 Å². The van der Waals surface area contributed by atoms with Crippen LogP contribution in [0.15, 0.2) is 57.8 Å². The molecule has 2 aromatic carbocycles. The van der Waals surface area contributed by atoms with E-state index in [9.17, 15) is 8.42 Å². The molecule has 4 rings (SSSR count). The molecule has 0 atom stereocenters. The van der Waals surface area contributed by atoms with E-state index in [0.717, 1.165) is 30.4 Å². The molecule has 1 aromatic heterocycles. The Labute approximate surface area is 195 Å². The van der Waals surface area contributed by atoms with E-state index in [1.165, 1.54) is 11.3 Å². The van der Waals surface area contributed by atoms with Gasteiger partial charge in [-0.2, -0.15) is 9.41 Å². The minimum Gasteiger partial charge on any atom is -0.253 e. The average Bonchev–Trinajstić information content (AvgIpc) is 3.25. The molecule has 1 aliphatic heterocycles. The van der Waals surface area contributed by atoms with Gasteiger partial charge in [0, 0.05) is 34.6 Å². The average molecular weight is 495 g/mol. The van der Waals surface area contributed by atoms with Crippen molar-refractivity contribution >= 4 is 55.9 Å². The van der Waals surface area contributed by atoms with E-state index in [1.807, 2.05) is 11.4 Å². The number of halogens is 2. The number of piperidine rings is 1. The van der Waals surface area contributed by atoms with Crippen LogP contribution in [0.4, 0.5) is 5.13 Å². The lowest BCUT2D eigenvalue weighted by Gasteiger charge is -2.26. The third-order valence-corrected chi connectivity index (χ3v) is 8.12. The number of nitrogens with zero attached hydrogens (tertiary/aromatic N) is 3. The molecule has 3 aromatic rings. The topological polar surface area (TPSA) is 74.7 Å². The van der Waals surface area contributed by atoms with Crippen LogP contribution in [0.2, 0.25) is 10.0 Å². The van der Waals surface area contributed by atoms with Gasteiger partial charge in [-0.15, -0.1) is 11.3 Å². The van der Waals surface area contributed by atoms with E-state index >= 15 is 0 Å². The Morgan fingerprint density at radius 2 is 1.90 bits per heavy atom. The summed E-state index contributed by atoms with van der Waals surface area (Å²) in [5.41, 5.74) is 5.03. The maximum atomic E-state index is 13.0. The molecule has 1 fully saturated rings. The van der Waals surface area contributed by atoms with Gasteiger partial charge in [0.05, 0.1) is 21.8 Å². The number of nitrogens with one attached hydrogen (secondary N) is 1. The lowest BCUT2D eigenvalue weighted by molar-refractivity contribution is 0.346. The highest BCUT2D eigenvalue weighted by molar-refractivity contribution is 7.89. The van der Waals surface area contributed by atoms with Crippen LogP contribution in [0.1, 0.15) is 24.8 Å². The van der Waals surface area contributed by atoms with E-state index in [4.69, 9.17) is 23.2 Å². The van der Waals surface area contributed by atoms with Crippen molar-refractivity contribution in [3.8, 4) is 11.3 Å². The molecule has 31 heavy (non-hydrogen) atoms. The first-order chi connectivity index (χ1) is 14.9. The van der Waals surface area contributed by atoms with Gasteiger partial charge >= 0.3 is 0 Å². The zero-order chi connectivity index (χ0) is 21.8. The molecule has 0 radical (unpaired) electrons. The number of anilines is 1. The summed E-state index contributed by atoms with van der Waals surface area (Å²) in [5, 5.41) is 7.68. The Kier molecular flexibility index (Phi) is 6.93. The van der Waals surface area contributed by atoms with Crippen molar-refractivity contribution in [2.24, 2.45) is 5.10 Å². The normalized spacial score (nSPS) is 15.4. The molecule has 0 amide bonds. The van der Waals surface area contributed by atoms with E-state index < -0.39 is 10.0 Å². The third kappa shape index (κ3) is 5.27. The Morgan fingerprint density at radius 3 is 2.68 bits per heavy atom. The zero-order valence-corrected chi connectivity index (χ0v) is 19.6. The number of thiazole rings is 1. The maximum absolute atomic E-state index is 13.0. The molecule has 1 saturated heterocycles. The molecule has 10 heteroatoms. The molecule has 0 saturated carbocycles. The summed E-state index contributed by atoms with van der Waals surface area (Å²) in [6.45, 7) is 1.15. The molecular formula is C21H20Cl2N4O2S2. The maximum Gasteiger partial charge on any atom is 0.243 e. The number of hydrazone groups is 1. The highest BCUT2D eigenvalue weighted by Gasteiger charge is 2.26. The van der Waals surface area contributed by atoms with Crippen molar-refractivity contribution in [1.29, 1.82) is 0 Å². The molecule has 0 aliphatic carbocycles. The van der Waals surface area contributed by atoms with Gasteiger partial charge in [-0.25, -0.2) is 13.4 Å². The molecule has 0 unspecified atom stereocenters. The summed E-state index contributed by atoms with van der Waals surface area (Å²) in [4.78, 5) is 4.81. The first-order valence-electron chi connectivity index (χ1n) is 9.74. The number of benzene rings is 2. The first-order valence-corrected chi connectivity index (χ1v) is 12.8. The van der Waals surface area contributed by atoms with E-state index in [1.54, 1.807) is 46.9 Å². The van der Waals surface area contributed by atoms with Gasteiger partial charge in [0.25, 0.3) is 0 Å². The Bertz CT molecular complexity index is 1210. The summed E-state index contributed by atoms with van der Waals surface area (Å²) in [5.74, 6) is 0. The second-order valence-corrected chi connectivity index (χ2v) is 10.7. The largest absolute Gasteiger partial charge is 0.253 e. The molecule has 6 nitrogen and oxygen atoms in total. The number of aromatic nitrogens is 1. The fourth-order valence-electron chi connectivity index (χ4n) is 3.29. The number of sulfonamides is 1. The lowest BCUT2D eigenvalue weighted by atomic mass is 10.2. The molecule has 0 bridgehead atoms. The Hall–Kier alpha value is -1.97. The highest BCUT2D eigenvalue weighted by Crippen LogP contribution is 2.28. The molecule has 0 spiro atoms. The number of hydrogen-bond acceptors (Lipinski definition) is 6. The Morgan fingerprint density at radius 1 is 1.10 bits per heavy atom. The second kappa shape index (κ2) is 9.67. The second-order valence-electron chi connectivity index (χ2n) is 7.07. The van der Waals surface area contributed by atoms with Gasteiger partial charge < -0.3 is 0 Å². The quantitative estimate of drug-likeness (QED) is 0.350. The smallest absolute Gasteiger partial charge is 0.243 e. The lowest BCUT2D eigenvalue weighted by Crippen LogP contribution is -2.35. The van der Waals surface area contributed by atoms with Crippen molar-refractivity contribution in [3.05, 3.63) is 63.5 Å². The fraction of sp³-hybridized carbons (Fsp3) is 0.238. The minimum atomic E-state index is -3.49. The summed E-state index contributed by atoms with van der Waals surface area (Å²) >= 11 is 13.4. The van der Waals surface area contributed by atoms with Crippen LogP contribution in [0.3, 0.4) is 0 Å². The minimum absolute atomic E-state index is 0.296. The van der Waals surface area contributed by atoms with Crippen LogP contribution in [0.5, 0.6) is 0 Å². The van der Waals surface area contributed by atoms with E-state index in [2.05, 4.69) is 15.5 Å². The van der Waals surface area contributed by atoms with Crippen molar-refractivity contribution in [1.82, 2.24) is 9.29 Å². The SMILES string of the molecule is O=S(=O)(c1cccc(-c2csc(N/N=C/c3ccc(Cl)cc3Cl)n2)c1)N1CCCCC1. The summed E-state index contributed by atoms with van der Waals surface area (Å²) in [6.07, 6.45) is 4.47.